The molecule has 0 bridgehead atoms. The minimum Gasteiger partial charge on any atom is -0.493 e. The summed E-state index contributed by atoms with van der Waals surface area (Å²) in [5.41, 5.74) is -0.883. The zero-order valence-corrected chi connectivity index (χ0v) is 6.59. The molecule has 0 atom stereocenters. The third-order valence-corrected chi connectivity index (χ3v) is 1.33. The maximum absolute atomic E-state index is 11.9. The normalized spacial score (nSPS) is 12.4. The highest BCUT2D eigenvalue weighted by Crippen LogP contribution is 2.25. The zero-order chi connectivity index (χ0) is 10.9. The number of aromatic hydroxyl groups is 1. The average molecular weight is 216 g/mol. The highest BCUT2D eigenvalue weighted by molar-refractivity contribution is 5.15. The first-order valence-electron chi connectivity index (χ1n) is 3.41. The summed E-state index contributed by atoms with van der Waals surface area (Å²) in [5.74, 6) is -0.933. The molecule has 3 nitrogen and oxygen atoms in total. The van der Waals surface area contributed by atoms with Gasteiger partial charge >= 0.3 is 6.18 Å². The molecule has 0 amide bonds. The van der Waals surface area contributed by atoms with Crippen molar-refractivity contribution in [3.8, 4) is 5.88 Å². The monoisotopic (exact) mass is 216 g/mol. The van der Waals surface area contributed by atoms with E-state index in [4.69, 9.17) is 5.11 Å². The van der Waals surface area contributed by atoms with E-state index in [1.165, 1.54) is 0 Å². The summed E-state index contributed by atoms with van der Waals surface area (Å²) in [6.45, 7) is -1.59. The largest absolute Gasteiger partial charge is 0.493 e. The second-order valence-electron chi connectivity index (χ2n) is 2.50. The molecule has 8 heteroatoms. The first-order chi connectivity index (χ1) is 6.29. The van der Waals surface area contributed by atoms with Gasteiger partial charge in [-0.25, -0.2) is 13.5 Å². The lowest BCUT2D eigenvalue weighted by Gasteiger charge is -2.06. The third kappa shape index (κ3) is 2.57. The fourth-order valence-corrected chi connectivity index (χ4v) is 0.819. The highest BCUT2D eigenvalue weighted by atomic mass is 19.4. The average Bonchev–Trinajstić information content (AvgIpc) is 2.29. The lowest BCUT2D eigenvalue weighted by atomic mass is 10.4. The van der Waals surface area contributed by atoms with Crippen LogP contribution in [-0.4, -0.2) is 21.1 Å². The van der Waals surface area contributed by atoms with Gasteiger partial charge in [-0.2, -0.15) is 18.3 Å². The Morgan fingerprint density at radius 1 is 1.43 bits per heavy atom. The van der Waals surface area contributed by atoms with E-state index in [0.717, 1.165) is 0 Å². The zero-order valence-electron chi connectivity index (χ0n) is 6.59. The Labute approximate surface area is 74.8 Å². The number of hydrogen-bond donors (Lipinski definition) is 1. The molecule has 0 radical (unpaired) electrons. The quantitative estimate of drug-likeness (QED) is 0.768. The molecule has 0 aliphatic rings. The molecule has 0 aromatic carbocycles. The molecule has 1 heterocycles. The fourth-order valence-electron chi connectivity index (χ4n) is 0.819. The number of nitrogens with zero attached hydrogens (tertiary/aromatic N) is 2. The summed E-state index contributed by atoms with van der Waals surface area (Å²) >= 11 is 0. The molecular formula is C6H5F5N2O. The van der Waals surface area contributed by atoms with Gasteiger partial charge in [0, 0.05) is 6.07 Å². The fraction of sp³-hybridized carbons (Fsp3) is 0.500. The van der Waals surface area contributed by atoms with Gasteiger partial charge in [-0.1, -0.05) is 0 Å². The second kappa shape index (κ2) is 3.43. The van der Waals surface area contributed by atoms with Gasteiger partial charge in [0.2, 0.25) is 5.88 Å². The summed E-state index contributed by atoms with van der Waals surface area (Å²) in [6.07, 6.45) is -7.61. The van der Waals surface area contributed by atoms with Crippen molar-refractivity contribution in [2.45, 2.75) is 19.1 Å². The molecule has 0 spiro atoms. The lowest BCUT2D eigenvalue weighted by molar-refractivity contribution is -0.143. The van der Waals surface area contributed by atoms with Gasteiger partial charge < -0.3 is 5.11 Å². The number of alkyl halides is 5. The van der Waals surface area contributed by atoms with Crippen LogP contribution < -0.4 is 0 Å². The molecule has 1 aromatic heterocycles. The van der Waals surface area contributed by atoms with Gasteiger partial charge in [0.25, 0.3) is 6.43 Å². The Hall–Kier alpha value is -1.34. The molecule has 0 fully saturated rings. The SMILES string of the molecule is Oc1cc(C(F)F)nn1CC(F)(F)F. The first-order valence-corrected chi connectivity index (χ1v) is 3.41. The van der Waals surface area contributed by atoms with Crippen molar-refractivity contribution < 1.29 is 27.1 Å². The van der Waals surface area contributed by atoms with Gasteiger partial charge in [-0.15, -0.1) is 0 Å². The first kappa shape index (κ1) is 10.7. The number of aromatic nitrogens is 2. The van der Waals surface area contributed by atoms with Crippen LogP contribution in [0.1, 0.15) is 12.1 Å². The van der Waals surface area contributed by atoms with Crippen molar-refractivity contribution in [1.82, 2.24) is 9.78 Å². The predicted octanol–water partition coefficient (Wildman–Crippen LogP) is 2.09. The Morgan fingerprint density at radius 3 is 2.36 bits per heavy atom. The minimum atomic E-state index is -4.61. The highest BCUT2D eigenvalue weighted by Gasteiger charge is 2.30. The van der Waals surface area contributed by atoms with Crippen LogP contribution in [0.25, 0.3) is 0 Å². The predicted molar refractivity (Wildman–Crippen MR) is 34.9 cm³/mol. The van der Waals surface area contributed by atoms with Crippen LogP contribution >= 0.6 is 0 Å². The number of rotatable bonds is 2. The van der Waals surface area contributed by atoms with E-state index < -0.39 is 30.7 Å². The second-order valence-corrected chi connectivity index (χ2v) is 2.50. The van der Waals surface area contributed by atoms with Gasteiger partial charge in [0.1, 0.15) is 12.2 Å². The Morgan fingerprint density at radius 2 is 2.00 bits per heavy atom. The third-order valence-electron chi connectivity index (χ3n) is 1.33. The topological polar surface area (TPSA) is 38.1 Å². The van der Waals surface area contributed by atoms with Crippen molar-refractivity contribution in [3.05, 3.63) is 11.8 Å². The molecule has 0 saturated heterocycles. The standard InChI is InChI=1S/C6H5F5N2O/c7-5(8)3-1-4(14)13(12-3)2-6(9,10)11/h1,5,14H,2H2. The summed E-state index contributed by atoms with van der Waals surface area (Å²) in [5, 5.41) is 11.7. The van der Waals surface area contributed by atoms with E-state index in [1.807, 2.05) is 0 Å². The van der Waals surface area contributed by atoms with E-state index in [9.17, 15) is 22.0 Å². The molecular weight excluding hydrogens is 211 g/mol. The minimum absolute atomic E-state index is 0.0709. The van der Waals surface area contributed by atoms with Crippen LogP contribution in [0.4, 0.5) is 22.0 Å². The number of halogens is 5. The summed E-state index contributed by atoms with van der Waals surface area (Å²) in [7, 11) is 0. The van der Waals surface area contributed by atoms with E-state index in [2.05, 4.69) is 5.10 Å². The lowest BCUT2D eigenvalue weighted by Crippen LogP contribution is -2.18. The van der Waals surface area contributed by atoms with Crippen molar-refractivity contribution >= 4 is 0 Å². The Balaban J connectivity index is 2.88. The smallest absolute Gasteiger partial charge is 0.408 e. The van der Waals surface area contributed by atoms with Gasteiger partial charge in [0.15, 0.2) is 0 Å². The molecule has 0 unspecified atom stereocenters. The van der Waals surface area contributed by atoms with Crippen molar-refractivity contribution in [2.24, 2.45) is 0 Å². The van der Waals surface area contributed by atoms with Crippen LogP contribution in [0.5, 0.6) is 5.88 Å². The maximum atomic E-state index is 11.9. The van der Waals surface area contributed by atoms with Crippen LogP contribution in [-0.2, 0) is 6.54 Å². The van der Waals surface area contributed by atoms with Crippen LogP contribution in [0, 0.1) is 0 Å². The van der Waals surface area contributed by atoms with Gasteiger partial charge in [-0.3, -0.25) is 0 Å². The molecule has 0 aliphatic carbocycles. The van der Waals surface area contributed by atoms with Crippen LogP contribution in [0.2, 0.25) is 0 Å². The van der Waals surface area contributed by atoms with E-state index in [1.54, 1.807) is 0 Å². The summed E-state index contributed by atoms with van der Waals surface area (Å²) < 4.78 is 59.2. The number of hydrogen-bond acceptors (Lipinski definition) is 2. The van der Waals surface area contributed by atoms with Crippen LogP contribution in [0.15, 0.2) is 6.07 Å². The summed E-state index contributed by atoms with van der Waals surface area (Å²) in [4.78, 5) is 0. The molecule has 80 valence electrons. The Bertz CT molecular complexity index is 319. The molecule has 1 aromatic rings. The molecule has 1 rings (SSSR count). The Kier molecular flexibility index (Phi) is 2.63. The van der Waals surface area contributed by atoms with E-state index in [0.29, 0.717) is 6.07 Å². The summed E-state index contributed by atoms with van der Waals surface area (Å²) in [6, 6.07) is 0.496. The van der Waals surface area contributed by atoms with Crippen LogP contribution in [0.3, 0.4) is 0 Å². The maximum Gasteiger partial charge on any atom is 0.408 e. The van der Waals surface area contributed by atoms with Gasteiger partial charge in [-0.05, 0) is 0 Å². The molecule has 0 aliphatic heterocycles. The van der Waals surface area contributed by atoms with Crippen molar-refractivity contribution in [1.29, 1.82) is 0 Å². The van der Waals surface area contributed by atoms with Crippen molar-refractivity contribution in [2.75, 3.05) is 0 Å². The molecule has 14 heavy (non-hydrogen) atoms. The molecule has 1 N–H and O–H groups in total. The van der Waals surface area contributed by atoms with E-state index >= 15 is 0 Å². The van der Waals surface area contributed by atoms with E-state index in [-0.39, 0.29) is 4.68 Å². The molecule has 0 saturated carbocycles. The van der Waals surface area contributed by atoms with Gasteiger partial charge in [0.05, 0.1) is 0 Å². The van der Waals surface area contributed by atoms with Crippen molar-refractivity contribution in [3.63, 3.8) is 0 Å².